The minimum Gasteiger partial charge on any atom is -0.312 e. The van der Waals surface area contributed by atoms with Crippen LogP contribution in [0, 0.1) is 11.3 Å². The number of thiazole rings is 1. The summed E-state index contributed by atoms with van der Waals surface area (Å²) in [6, 6.07) is 5.84. The van der Waals surface area contributed by atoms with Crippen LogP contribution >= 0.6 is 34.3 Å². The zero-order chi connectivity index (χ0) is 10.8. The number of halogens is 1. The van der Waals surface area contributed by atoms with Crippen LogP contribution in [0.2, 0.25) is 4.34 Å². The highest BCUT2D eigenvalue weighted by atomic mass is 35.5. The highest BCUT2D eigenvalue weighted by molar-refractivity contribution is 7.20. The monoisotopic (exact) mass is 255 g/mol. The average Bonchev–Trinajstić information content (AvgIpc) is 2.84. The van der Waals surface area contributed by atoms with Gasteiger partial charge in [0.15, 0.2) is 5.13 Å². The van der Waals surface area contributed by atoms with E-state index in [1.54, 1.807) is 6.20 Å². The number of nitriles is 1. The third-order valence-electron chi connectivity index (χ3n) is 1.78. The fraction of sp³-hybridized carbons (Fsp3) is 0.111. The molecule has 2 heterocycles. The Morgan fingerprint density at radius 1 is 1.47 bits per heavy atom. The largest absolute Gasteiger partial charge is 0.312 e. The Labute approximate surface area is 100 Å². The zero-order valence-corrected chi connectivity index (χ0v) is 10.2. The van der Waals surface area contributed by atoms with Crippen molar-refractivity contribution in [2.75, 3.05) is 11.9 Å². The lowest BCUT2D eigenvalue weighted by atomic mass is 10.6. The van der Waals surface area contributed by atoms with Crippen molar-refractivity contribution in [2.24, 2.45) is 0 Å². The minimum absolute atomic E-state index is 0.611. The molecular weight excluding hydrogens is 250 g/mol. The predicted octanol–water partition coefficient (Wildman–Crippen LogP) is 3.50. The number of nitrogens with zero attached hydrogens (tertiary/aromatic N) is 3. The molecule has 0 fully saturated rings. The van der Waals surface area contributed by atoms with Crippen LogP contribution in [0.25, 0.3) is 0 Å². The second-order valence-electron chi connectivity index (χ2n) is 2.76. The van der Waals surface area contributed by atoms with Crippen molar-refractivity contribution in [3.05, 3.63) is 27.5 Å². The molecule has 0 amide bonds. The summed E-state index contributed by atoms with van der Waals surface area (Å²) in [5.41, 5.74) is 0. The lowest BCUT2D eigenvalue weighted by Gasteiger charge is -2.11. The highest BCUT2D eigenvalue weighted by Gasteiger charge is 2.10. The van der Waals surface area contributed by atoms with Crippen molar-refractivity contribution < 1.29 is 0 Å². The number of rotatable bonds is 2. The van der Waals surface area contributed by atoms with Gasteiger partial charge in [-0.05, 0) is 12.1 Å². The normalized spacial score (nSPS) is 9.93. The molecular formula is C9H6ClN3S2. The topological polar surface area (TPSA) is 39.9 Å². The second kappa shape index (κ2) is 4.19. The third-order valence-corrected chi connectivity index (χ3v) is 4.07. The smallest absolute Gasteiger partial charge is 0.191 e. The minimum atomic E-state index is 0.611. The Morgan fingerprint density at radius 3 is 2.80 bits per heavy atom. The van der Waals surface area contributed by atoms with E-state index in [1.165, 1.54) is 22.7 Å². The summed E-state index contributed by atoms with van der Waals surface area (Å²) in [4.78, 5) is 6.69. The van der Waals surface area contributed by atoms with Crippen LogP contribution in [0.15, 0.2) is 18.3 Å². The molecule has 0 atom stereocenters. The van der Waals surface area contributed by atoms with Gasteiger partial charge in [0.05, 0.1) is 15.5 Å². The fourth-order valence-corrected chi connectivity index (χ4v) is 2.79. The van der Waals surface area contributed by atoms with E-state index in [9.17, 15) is 0 Å². The second-order valence-corrected chi connectivity index (χ2v) is 5.46. The van der Waals surface area contributed by atoms with Crippen molar-refractivity contribution in [1.82, 2.24) is 4.98 Å². The zero-order valence-electron chi connectivity index (χ0n) is 7.77. The summed E-state index contributed by atoms with van der Waals surface area (Å²) in [6.07, 6.45) is 1.58. The molecule has 0 radical (unpaired) electrons. The standard InChI is InChI=1S/C9H6ClN3S2/c1-13(8-3-2-7(10)15-8)9-12-5-6(4-11)14-9/h2-3,5H,1H3. The van der Waals surface area contributed by atoms with Gasteiger partial charge in [-0.3, -0.25) is 0 Å². The van der Waals surface area contributed by atoms with Gasteiger partial charge in [-0.2, -0.15) is 5.26 Å². The van der Waals surface area contributed by atoms with Crippen LogP contribution in [-0.4, -0.2) is 12.0 Å². The van der Waals surface area contributed by atoms with Crippen molar-refractivity contribution in [1.29, 1.82) is 5.26 Å². The summed E-state index contributed by atoms with van der Waals surface area (Å²) >= 11 is 8.69. The molecule has 0 unspecified atom stereocenters. The van der Waals surface area contributed by atoms with Crippen LogP contribution in [0.4, 0.5) is 10.1 Å². The van der Waals surface area contributed by atoms with E-state index in [1.807, 2.05) is 24.1 Å². The summed E-state index contributed by atoms with van der Waals surface area (Å²) in [7, 11) is 1.90. The maximum Gasteiger partial charge on any atom is 0.191 e. The van der Waals surface area contributed by atoms with Crippen molar-refractivity contribution in [3.63, 3.8) is 0 Å². The molecule has 6 heteroatoms. The van der Waals surface area contributed by atoms with Crippen LogP contribution in [0.5, 0.6) is 0 Å². The van der Waals surface area contributed by atoms with Gasteiger partial charge in [0.2, 0.25) is 0 Å². The van der Waals surface area contributed by atoms with E-state index in [2.05, 4.69) is 11.1 Å². The van der Waals surface area contributed by atoms with Gasteiger partial charge in [-0.25, -0.2) is 4.98 Å². The Bertz CT molecular complexity index is 511. The van der Waals surface area contributed by atoms with Gasteiger partial charge in [-0.1, -0.05) is 22.9 Å². The molecule has 2 rings (SSSR count). The van der Waals surface area contributed by atoms with E-state index in [0.717, 1.165) is 14.5 Å². The molecule has 15 heavy (non-hydrogen) atoms. The molecule has 2 aromatic rings. The lowest BCUT2D eigenvalue weighted by Crippen LogP contribution is -2.06. The molecule has 0 aliphatic rings. The van der Waals surface area contributed by atoms with Crippen LogP contribution in [-0.2, 0) is 0 Å². The van der Waals surface area contributed by atoms with Crippen molar-refractivity contribution in [2.45, 2.75) is 0 Å². The Balaban J connectivity index is 2.28. The molecule has 0 bridgehead atoms. The quantitative estimate of drug-likeness (QED) is 0.825. The van der Waals surface area contributed by atoms with Crippen LogP contribution < -0.4 is 4.90 Å². The first kappa shape index (κ1) is 10.4. The first-order chi connectivity index (χ1) is 7.20. The van der Waals surface area contributed by atoms with Crippen LogP contribution in [0.3, 0.4) is 0 Å². The van der Waals surface area contributed by atoms with Gasteiger partial charge >= 0.3 is 0 Å². The van der Waals surface area contributed by atoms with Gasteiger partial charge in [0.1, 0.15) is 10.9 Å². The summed E-state index contributed by atoms with van der Waals surface area (Å²) in [6.45, 7) is 0. The van der Waals surface area contributed by atoms with Gasteiger partial charge < -0.3 is 4.90 Å². The van der Waals surface area contributed by atoms with Gasteiger partial charge in [0, 0.05) is 7.05 Å². The molecule has 0 aromatic carbocycles. The number of hydrogen-bond acceptors (Lipinski definition) is 5. The van der Waals surface area contributed by atoms with E-state index in [4.69, 9.17) is 16.9 Å². The first-order valence-electron chi connectivity index (χ1n) is 4.05. The molecule has 0 aliphatic carbocycles. The van der Waals surface area contributed by atoms with Gasteiger partial charge in [-0.15, -0.1) is 11.3 Å². The third kappa shape index (κ3) is 2.12. The molecule has 0 spiro atoms. The number of hydrogen-bond donors (Lipinski definition) is 0. The molecule has 2 aromatic heterocycles. The molecule has 76 valence electrons. The van der Waals surface area contributed by atoms with E-state index < -0.39 is 0 Å². The first-order valence-corrected chi connectivity index (χ1v) is 6.07. The Kier molecular flexibility index (Phi) is 2.91. The van der Waals surface area contributed by atoms with E-state index in [0.29, 0.717) is 4.88 Å². The van der Waals surface area contributed by atoms with Crippen molar-refractivity contribution >= 4 is 44.4 Å². The summed E-state index contributed by atoms with van der Waals surface area (Å²) in [5, 5.41) is 10.5. The molecule has 0 N–H and O–H groups in total. The Morgan fingerprint density at radius 2 is 2.27 bits per heavy atom. The van der Waals surface area contributed by atoms with E-state index in [-0.39, 0.29) is 0 Å². The van der Waals surface area contributed by atoms with E-state index >= 15 is 0 Å². The maximum absolute atomic E-state index is 8.69. The number of anilines is 2. The molecule has 0 aliphatic heterocycles. The molecule has 0 saturated heterocycles. The fourth-order valence-electron chi connectivity index (χ4n) is 1.05. The highest BCUT2D eigenvalue weighted by Crippen LogP contribution is 2.34. The SMILES string of the molecule is CN(c1ccc(Cl)s1)c1ncc(C#N)s1. The number of aromatic nitrogens is 1. The lowest BCUT2D eigenvalue weighted by molar-refractivity contribution is 1.19. The maximum atomic E-state index is 8.69. The summed E-state index contributed by atoms with van der Waals surface area (Å²) in [5.74, 6) is 0. The molecule has 3 nitrogen and oxygen atoms in total. The van der Waals surface area contributed by atoms with Crippen LogP contribution in [0.1, 0.15) is 4.88 Å². The summed E-state index contributed by atoms with van der Waals surface area (Å²) < 4.78 is 0.744. The van der Waals surface area contributed by atoms with Crippen molar-refractivity contribution in [3.8, 4) is 6.07 Å². The number of thiophene rings is 1. The molecule has 0 saturated carbocycles. The predicted molar refractivity (Wildman–Crippen MR) is 64.2 cm³/mol. The Hall–Kier alpha value is -1.09. The average molecular weight is 256 g/mol. The van der Waals surface area contributed by atoms with Gasteiger partial charge in [0.25, 0.3) is 0 Å².